The zero-order valence-electron chi connectivity index (χ0n) is 21.9. The molecule has 2 aliphatic rings. The second-order valence-corrected chi connectivity index (χ2v) is 10.0. The van der Waals surface area contributed by atoms with Crippen molar-refractivity contribution in [3.63, 3.8) is 0 Å². The highest BCUT2D eigenvalue weighted by atomic mass is 19.4. The van der Waals surface area contributed by atoms with Gasteiger partial charge >= 0.3 is 6.18 Å². The van der Waals surface area contributed by atoms with Gasteiger partial charge in [0.2, 0.25) is 0 Å². The van der Waals surface area contributed by atoms with Crippen LogP contribution in [0.4, 0.5) is 24.8 Å². The molecule has 0 amide bonds. The molecule has 11 nitrogen and oxygen atoms in total. The van der Waals surface area contributed by atoms with Crippen LogP contribution in [0.1, 0.15) is 23.7 Å². The third kappa shape index (κ3) is 5.65. The predicted octanol–water partition coefficient (Wildman–Crippen LogP) is 1.35. The molecule has 0 saturated carbocycles. The van der Waals surface area contributed by atoms with Gasteiger partial charge in [0.15, 0.2) is 11.6 Å². The molecule has 2 fully saturated rings. The Bertz CT molecular complexity index is 1320. The summed E-state index contributed by atoms with van der Waals surface area (Å²) in [4.78, 5) is 14.6. The number of nitrogens with zero attached hydrogens (tertiary/aromatic N) is 7. The molecule has 2 atom stereocenters. The average molecular weight is 551 g/mol. The van der Waals surface area contributed by atoms with E-state index >= 15 is 0 Å². The molecule has 5 heterocycles. The van der Waals surface area contributed by atoms with Gasteiger partial charge in [0.25, 0.3) is 0 Å². The van der Waals surface area contributed by atoms with Gasteiger partial charge in [0, 0.05) is 57.7 Å². The van der Waals surface area contributed by atoms with Crippen molar-refractivity contribution in [3.8, 4) is 11.4 Å². The molecule has 2 aliphatic heterocycles. The highest BCUT2D eigenvalue weighted by Crippen LogP contribution is 2.37. The van der Waals surface area contributed by atoms with Crippen LogP contribution in [-0.4, -0.2) is 104 Å². The van der Waals surface area contributed by atoms with Crippen LogP contribution in [0.3, 0.4) is 0 Å². The molecule has 0 spiro atoms. The highest BCUT2D eigenvalue weighted by molar-refractivity contribution is 5.74. The molecular formula is C25H33F3N8O3. The summed E-state index contributed by atoms with van der Waals surface area (Å²) in [5, 5.41) is 24.4. The molecule has 1 unspecified atom stereocenters. The molecule has 0 aliphatic carbocycles. The molecule has 0 radical (unpaired) electrons. The molecule has 3 aromatic heterocycles. The highest BCUT2D eigenvalue weighted by Gasteiger charge is 2.36. The summed E-state index contributed by atoms with van der Waals surface area (Å²) in [7, 11) is 0. The lowest BCUT2D eigenvalue weighted by Gasteiger charge is -2.38. The van der Waals surface area contributed by atoms with Crippen molar-refractivity contribution >= 4 is 17.2 Å². The zero-order valence-corrected chi connectivity index (χ0v) is 21.9. The minimum Gasteiger partial charge on any atom is -0.389 e. The fraction of sp³-hybridized carbons (Fsp3) is 0.560. The summed E-state index contributed by atoms with van der Waals surface area (Å²) in [5.74, 6) is 0.211. The van der Waals surface area contributed by atoms with Crippen LogP contribution >= 0.6 is 0 Å². The van der Waals surface area contributed by atoms with E-state index in [0.717, 1.165) is 23.5 Å². The summed E-state index contributed by atoms with van der Waals surface area (Å²) in [6.07, 6.45) is -5.33. The van der Waals surface area contributed by atoms with Gasteiger partial charge in [-0.3, -0.25) is 9.80 Å². The maximum Gasteiger partial charge on any atom is 0.417 e. The van der Waals surface area contributed by atoms with E-state index in [1.54, 1.807) is 11.4 Å². The first kappa shape index (κ1) is 27.5. The van der Waals surface area contributed by atoms with Crippen molar-refractivity contribution in [3.05, 3.63) is 35.2 Å². The average Bonchev–Trinajstić information content (AvgIpc) is 3.23. The molecule has 14 heteroatoms. The van der Waals surface area contributed by atoms with Crippen molar-refractivity contribution in [1.82, 2.24) is 29.4 Å². The number of fused-ring (bicyclic) bond motifs is 1. The van der Waals surface area contributed by atoms with Crippen molar-refractivity contribution in [2.75, 3.05) is 63.1 Å². The minimum atomic E-state index is -4.66. The number of aromatic nitrogens is 4. The Kier molecular flexibility index (Phi) is 7.66. The molecule has 39 heavy (non-hydrogen) atoms. The molecular weight excluding hydrogens is 517 g/mol. The van der Waals surface area contributed by atoms with Gasteiger partial charge in [-0.2, -0.15) is 13.2 Å². The second-order valence-electron chi connectivity index (χ2n) is 10.0. The van der Waals surface area contributed by atoms with E-state index < -0.39 is 24.1 Å². The summed E-state index contributed by atoms with van der Waals surface area (Å²) >= 11 is 0. The third-order valence-electron chi connectivity index (χ3n) is 7.35. The normalized spacial score (nSPS) is 19.5. The molecule has 3 aromatic rings. The number of ether oxygens (including phenoxy) is 1. The fourth-order valence-electron chi connectivity index (χ4n) is 5.11. The number of nitrogen functional groups attached to an aromatic ring is 1. The van der Waals surface area contributed by atoms with Gasteiger partial charge in [-0.15, -0.1) is 5.10 Å². The van der Waals surface area contributed by atoms with Crippen LogP contribution < -0.4 is 10.6 Å². The lowest BCUT2D eigenvalue weighted by molar-refractivity contribution is -0.137. The fourth-order valence-corrected chi connectivity index (χ4v) is 5.11. The number of anilines is 2. The van der Waals surface area contributed by atoms with Gasteiger partial charge in [0.1, 0.15) is 17.6 Å². The van der Waals surface area contributed by atoms with Crippen LogP contribution in [0, 0.1) is 6.92 Å². The van der Waals surface area contributed by atoms with Gasteiger partial charge in [-0.25, -0.2) is 14.5 Å². The molecule has 4 N–H and O–H groups in total. The Balaban J connectivity index is 1.52. The first-order valence-corrected chi connectivity index (χ1v) is 12.9. The van der Waals surface area contributed by atoms with Crippen LogP contribution in [0.2, 0.25) is 0 Å². The van der Waals surface area contributed by atoms with Gasteiger partial charge in [0.05, 0.1) is 30.4 Å². The maximum absolute atomic E-state index is 13.9. The third-order valence-corrected chi connectivity index (χ3v) is 7.35. The summed E-state index contributed by atoms with van der Waals surface area (Å²) in [5.41, 5.74) is 6.88. The number of nitrogens with two attached hydrogens (primary N) is 1. The van der Waals surface area contributed by atoms with Crippen molar-refractivity contribution < 1.29 is 28.1 Å². The van der Waals surface area contributed by atoms with Crippen molar-refractivity contribution in [2.45, 2.75) is 38.9 Å². The first-order chi connectivity index (χ1) is 18.5. The molecule has 0 aromatic carbocycles. The van der Waals surface area contributed by atoms with Crippen molar-refractivity contribution in [1.29, 1.82) is 0 Å². The van der Waals surface area contributed by atoms with Crippen LogP contribution in [-0.2, 0) is 17.5 Å². The van der Waals surface area contributed by atoms with E-state index in [4.69, 9.17) is 10.5 Å². The van der Waals surface area contributed by atoms with Crippen LogP contribution in [0.5, 0.6) is 0 Å². The van der Waals surface area contributed by atoms with Gasteiger partial charge in [-0.1, -0.05) is 0 Å². The maximum atomic E-state index is 13.9. The minimum absolute atomic E-state index is 0.0882. The number of piperazine rings is 1. The van der Waals surface area contributed by atoms with E-state index in [1.807, 2.05) is 22.8 Å². The number of hydrogen-bond donors (Lipinski definition) is 3. The van der Waals surface area contributed by atoms with E-state index in [9.17, 15) is 23.4 Å². The van der Waals surface area contributed by atoms with Crippen LogP contribution in [0.25, 0.3) is 16.9 Å². The summed E-state index contributed by atoms with van der Waals surface area (Å²) in [6, 6.07) is 2.80. The number of pyridine rings is 1. The topological polar surface area (TPSA) is 129 Å². The zero-order chi connectivity index (χ0) is 27.9. The van der Waals surface area contributed by atoms with Crippen LogP contribution in [0.15, 0.2) is 18.3 Å². The second kappa shape index (κ2) is 10.8. The quantitative estimate of drug-likeness (QED) is 0.414. The Labute approximate surface area is 223 Å². The molecule has 212 valence electrons. The largest absolute Gasteiger partial charge is 0.417 e. The SMILES string of the molecule is Cc1c(CN2CCN(C(O)[C@H](C)O)CC2)cc2c(N3CCOCC3)nc(-c3cnc(N)cc3C(F)(F)F)nn12. The Morgan fingerprint density at radius 2 is 1.77 bits per heavy atom. The van der Waals surface area contributed by atoms with E-state index in [1.165, 1.54) is 0 Å². The number of alkyl halides is 3. The Morgan fingerprint density at radius 3 is 2.41 bits per heavy atom. The number of morpholine rings is 1. The molecule has 2 saturated heterocycles. The summed E-state index contributed by atoms with van der Waals surface area (Å²) < 4.78 is 49.0. The smallest absolute Gasteiger partial charge is 0.389 e. The lowest BCUT2D eigenvalue weighted by Crippen LogP contribution is -2.52. The number of aryl methyl sites for hydroxylation is 1. The van der Waals surface area contributed by atoms with Gasteiger partial charge < -0.3 is 25.6 Å². The number of hydrogen-bond acceptors (Lipinski definition) is 10. The first-order valence-electron chi connectivity index (χ1n) is 12.9. The van der Waals surface area contributed by atoms with E-state index in [-0.39, 0.29) is 17.2 Å². The Morgan fingerprint density at radius 1 is 1.08 bits per heavy atom. The summed E-state index contributed by atoms with van der Waals surface area (Å²) in [6.45, 7) is 8.70. The van der Waals surface area contributed by atoms with E-state index in [0.29, 0.717) is 70.4 Å². The number of aliphatic hydroxyl groups excluding tert-OH is 2. The molecule has 5 rings (SSSR count). The van der Waals surface area contributed by atoms with Crippen molar-refractivity contribution in [2.24, 2.45) is 0 Å². The molecule has 0 bridgehead atoms. The predicted molar refractivity (Wildman–Crippen MR) is 138 cm³/mol. The van der Waals surface area contributed by atoms with E-state index in [2.05, 4.69) is 20.0 Å². The Hall–Kier alpha value is -3.04. The standard InChI is InChI=1S/C25H33F3N8O3/c1-15-17(14-33-3-5-35(6-4-33)24(38)16(2)37)11-20-23(34-7-9-39-10-8-34)31-22(32-36(15)20)18-13-30-21(29)12-19(18)25(26,27)28/h11-13,16,24,37-38H,3-10,14H2,1-2H3,(H2,29,30)/t16-,24?/m0/s1. The number of rotatable bonds is 6. The number of halogens is 3. The monoisotopic (exact) mass is 550 g/mol. The number of aliphatic hydroxyl groups is 2. The van der Waals surface area contributed by atoms with Gasteiger partial charge in [-0.05, 0) is 31.5 Å². The lowest BCUT2D eigenvalue weighted by atomic mass is 10.1.